The second-order valence-corrected chi connectivity index (χ2v) is 12.0. The number of aliphatic carboxylic acids is 1. The summed E-state index contributed by atoms with van der Waals surface area (Å²) >= 11 is 3.41. The molecule has 1 aromatic heterocycles. The molecule has 1 saturated heterocycles. The number of aromatic nitrogens is 1. The van der Waals surface area contributed by atoms with Crippen LogP contribution < -0.4 is 16.0 Å². The summed E-state index contributed by atoms with van der Waals surface area (Å²) in [4.78, 5) is 28.9. The Balaban J connectivity index is 0.000000708. The zero-order valence-corrected chi connectivity index (χ0v) is 24.0. The second kappa shape index (κ2) is 13.7. The molecule has 1 aliphatic heterocycles. The van der Waals surface area contributed by atoms with Gasteiger partial charge in [-0.1, -0.05) is 6.07 Å². The van der Waals surface area contributed by atoms with Crippen LogP contribution in [0.15, 0.2) is 44.2 Å². The number of carboxylic acids is 1. The molecule has 16 heteroatoms. The number of nitrogens with zero attached hydrogens (tertiary/aromatic N) is 3. The first-order valence-corrected chi connectivity index (χ1v) is 14.6. The largest absolute Gasteiger partial charge is 0.490 e. The minimum atomic E-state index is -5.08. The molecule has 0 aliphatic carbocycles. The summed E-state index contributed by atoms with van der Waals surface area (Å²) in [5.41, 5.74) is 6.88. The van der Waals surface area contributed by atoms with E-state index in [1.165, 1.54) is 6.26 Å². The highest BCUT2D eigenvalue weighted by molar-refractivity contribution is 9.10. The zero-order valence-electron chi connectivity index (χ0n) is 21.6. The van der Waals surface area contributed by atoms with Crippen molar-refractivity contribution in [1.29, 1.82) is 0 Å². The topological polar surface area (TPSA) is 138 Å². The lowest BCUT2D eigenvalue weighted by Gasteiger charge is -2.25. The predicted molar refractivity (Wildman–Crippen MR) is 144 cm³/mol. The van der Waals surface area contributed by atoms with Gasteiger partial charge in [0.25, 0.3) is 5.91 Å². The first-order chi connectivity index (χ1) is 18.5. The van der Waals surface area contributed by atoms with E-state index >= 15 is 0 Å². The lowest BCUT2D eigenvalue weighted by Crippen LogP contribution is -2.30. The van der Waals surface area contributed by atoms with Gasteiger partial charge in [-0.3, -0.25) is 4.79 Å². The summed E-state index contributed by atoms with van der Waals surface area (Å²) in [6.07, 6.45) is -2.14. The van der Waals surface area contributed by atoms with Gasteiger partial charge in [0.1, 0.15) is 5.82 Å². The average molecular weight is 658 g/mol. The fourth-order valence-electron chi connectivity index (χ4n) is 3.66. The van der Waals surface area contributed by atoms with Crippen molar-refractivity contribution in [3.63, 3.8) is 0 Å². The molecule has 40 heavy (non-hydrogen) atoms. The fourth-order valence-corrected chi connectivity index (χ4v) is 5.24. The molecule has 0 spiro atoms. The van der Waals surface area contributed by atoms with Crippen LogP contribution in [-0.4, -0.2) is 70.7 Å². The summed E-state index contributed by atoms with van der Waals surface area (Å²) in [7, 11) is -2.66. The summed E-state index contributed by atoms with van der Waals surface area (Å²) < 4.78 is 77.2. The molecule has 0 saturated carbocycles. The predicted octanol–water partition coefficient (Wildman–Crippen LogP) is 5.08. The molecule has 1 unspecified atom stereocenters. The number of hydrogen-bond donors (Lipinski definition) is 3. The summed E-state index contributed by atoms with van der Waals surface area (Å²) in [5.74, 6) is -5.53. The minimum Gasteiger partial charge on any atom is -0.475 e. The van der Waals surface area contributed by atoms with Gasteiger partial charge in [-0.2, -0.15) is 13.2 Å². The molecule has 0 radical (unpaired) electrons. The molecule has 3 rings (SSSR count). The van der Waals surface area contributed by atoms with Crippen molar-refractivity contribution in [3.8, 4) is 0 Å². The normalized spacial score (nSPS) is 16.6. The van der Waals surface area contributed by atoms with Gasteiger partial charge in [0.05, 0.1) is 21.8 Å². The Bertz CT molecular complexity index is 1350. The molecule has 0 bridgehead atoms. The van der Waals surface area contributed by atoms with Gasteiger partial charge in [0, 0.05) is 60.0 Å². The SMILES string of the molecule is Cc1c(Br)cnc(N2CCCC(F)(F)CC2)c1C(=O)Nc1cccc(S(C)(=O)=NCCN)c1.O=C(O)C(F)(F)F. The molecule has 2 aromatic rings. The molecular formula is C24H29BrF5N5O4S. The van der Waals surface area contributed by atoms with Gasteiger partial charge in [0.15, 0.2) is 0 Å². The number of rotatable bonds is 6. The maximum absolute atomic E-state index is 13.9. The number of nitrogens with two attached hydrogens (primary N) is 1. The summed E-state index contributed by atoms with van der Waals surface area (Å²) in [6, 6.07) is 6.68. The summed E-state index contributed by atoms with van der Waals surface area (Å²) in [6.45, 7) is 2.84. The van der Waals surface area contributed by atoms with Gasteiger partial charge < -0.3 is 21.1 Å². The van der Waals surface area contributed by atoms with Crippen LogP contribution in [0.2, 0.25) is 0 Å². The number of pyridine rings is 1. The monoisotopic (exact) mass is 657 g/mol. The number of carbonyl (C=O) groups is 2. The maximum atomic E-state index is 13.9. The van der Waals surface area contributed by atoms with E-state index in [-0.39, 0.29) is 25.9 Å². The van der Waals surface area contributed by atoms with Crippen LogP contribution in [0, 0.1) is 6.92 Å². The molecule has 9 nitrogen and oxygen atoms in total. The standard InChI is InChI=1S/C22H28BrF2N5O2S.C2HF3O2/c1-15-18(23)14-27-20(30-11-4-7-22(24,25)8-12-30)19(15)21(31)29-16-5-3-6-17(13-16)33(2,32)28-10-9-26;3-2(4,5)1(6)7/h3,5-6,13-14H,4,7-12,26H2,1-2H3,(H,29,31);(H,6,7). The Morgan fingerprint density at radius 1 is 1.27 bits per heavy atom. The third-order valence-electron chi connectivity index (χ3n) is 5.74. The van der Waals surface area contributed by atoms with Crippen LogP contribution in [-0.2, 0) is 14.5 Å². The quantitative estimate of drug-likeness (QED) is 0.368. The van der Waals surface area contributed by atoms with Crippen molar-refractivity contribution in [1.82, 2.24) is 4.98 Å². The van der Waals surface area contributed by atoms with Crippen LogP contribution in [0.3, 0.4) is 0 Å². The molecule has 222 valence electrons. The molecule has 1 amide bonds. The Morgan fingerprint density at radius 2 is 1.93 bits per heavy atom. The molecule has 1 fully saturated rings. The van der Waals surface area contributed by atoms with Crippen LogP contribution in [0.1, 0.15) is 35.2 Å². The number of benzene rings is 1. The van der Waals surface area contributed by atoms with Gasteiger partial charge in [0.2, 0.25) is 5.92 Å². The molecule has 2 heterocycles. The first-order valence-electron chi connectivity index (χ1n) is 11.9. The number of carbonyl (C=O) groups excluding carboxylic acids is 1. The number of carboxylic acid groups (broad SMARTS) is 1. The number of amides is 1. The second-order valence-electron chi connectivity index (χ2n) is 8.86. The molecule has 1 aromatic carbocycles. The summed E-state index contributed by atoms with van der Waals surface area (Å²) in [5, 5.41) is 9.96. The van der Waals surface area contributed by atoms with E-state index in [2.05, 4.69) is 30.6 Å². The van der Waals surface area contributed by atoms with Crippen molar-refractivity contribution < 1.29 is 40.9 Å². The van der Waals surface area contributed by atoms with Crippen molar-refractivity contribution in [2.24, 2.45) is 10.1 Å². The van der Waals surface area contributed by atoms with E-state index < -0.39 is 33.7 Å². The Morgan fingerprint density at radius 3 is 2.52 bits per heavy atom. The van der Waals surface area contributed by atoms with Crippen LogP contribution in [0.5, 0.6) is 0 Å². The highest BCUT2D eigenvalue weighted by Gasteiger charge is 2.38. The highest BCUT2D eigenvalue weighted by Crippen LogP contribution is 2.33. The Labute approximate surface area is 236 Å². The first kappa shape index (κ1) is 33.4. The van der Waals surface area contributed by atoms with E-state index in [0.29, 0.717) is 51.5 Å². The number of halogens is 6. The lowest BCUT2D eigenvalue weighted by molar-refractivity contribution is -0.192. The smallest absolute Gasteiger partial charge is 0.475 e. The van der Waals surface area contributed by atoms with E-state index in [1.807, 2.05) is 0 Å². The molecule has 1 atom stereocenters. The number of hydrogen-bond acceptors (Lipinski definition) is 7. The lowest BCUT2D eigenvalue weighted by atomic mass is 10.1. The number of nitrogens with one attached hydrogen (secondary N) is 1. The Hall–Kier alpha value is -2.85. The van der Waals surface area contributed by atoms with Crippen LogP contribution in [0.25, 0.3) is 0 Å². The third-order valence-corrected chi connectivity index (χ3v) is 8.34. The maximum Gasteiger partial charge on any atom is 0.490 e. The van der Waals surface area contributed by atoms with E-state index in [9.17, 15) is 31.0 Å². The van der Waals surface area contributed by atoms with Crippen LogP contribution >= 0.6 is 15.9 Å². The number of anilines is 2. The van der Waals surface area contributed by atoms with Crippen molar-refractivity contribution in [2.45, 2.75) is 43.2 Å². The van der Waals surface area contributed by atoms with Crippen molar-refractivity contribution in [2.75, 3.05) is 42.7 Å². The zero-order chi connectivity index (χ0) is 30.3. The van der Waals surface area contributed by atoms with E-state index in [4.69, 9.17) is 15.6 Å². The van der Waals surface area contributed by atoms with E-state index in [0.717, 1.165) is 0 Å². The fraction of sp³-hybridized carbons (Fsp3) is 0.458. The minimum absolute atomic E-state index is 0.109. The third kappa shape index (κ3) is 9.37. The van der Waals surface area contributed by atoms with Gasteiger partial charge in [-0.15, -0.1) is 0 Å². The van der Waals surface area contributed by atoms with Crippen molar-refractivity contribution >= 4 is 49.0 Å². The molecular weight excluding hydrogens is 629 g/mol. The Kier molecular flexibility index (Phi) is 11.4. The van der Waals surface area contributed by atoms with Crippen molar-refractivity contribution in [3.05, 3.63) is 46.1 Å². The molecule has 1 aliphatic rings. The number of alkyl halides is 5. The van der Waals surface area contributed by atoms with Crippen LogP contribution in [0.4, 0.5) is 33.5 Å². The van der Waals surface area contributed by atoms with E-state index in [1.54, 1.807) is 42.3 Å². The average Bonchev–Trinajstić information content (AvgIpc) is 3.04. The molecule has 4 N–H and O–H groups in total. The van der Waals surface area contributed by atoms with Gasteiger partial charge in [-0.05, 0) is 53.0 Å². The highest BCUT2D eigenvalue weighted by atomic mass is 79.9. The van der Waals surface area contributed by atoms with Gasteiger partial charge >= 0.3 is 12.1 Å². The van der Waals surface area contributed by atoms with Gasteiger partial charge in [-0.25, -0.2) is 27.1 Å².